The highest BCUT2D eigenvalue weighted by molar-refractivity contribution is 5.70. The van der Waals surface area contributed by atoms with E-state index < -0.39 is 5.97 Å². The van der Waals surface area contributed by atoms with E-state index in [1.165, 1.54) is 4.52 Å². The molecule has 3 aromatic rings. The lowest BCUT2D eigenvalue weighted by Gasteiger charge is -2.30. The Labute approximate surface area is 136 Å². The predicted molar refractivity (Wildman–Crippen MR) is 85.5 cm³/mol. The fourth-order valence-corrected chi connectivity index (χ4v) is 2.91. The Kier molecular flexibility index (Phi) is 3.33. The zero-order valence-corrected chi connectivity index (χ0v) is 12.8. The van der Waals surface area contributed by atoms with Crippen LogP contribution in [0.4, 0.5) is 11.6 Å². The second-order valence-electron chi connectivity index (χ2n) is 5.76. The molecule has 4 heterocycles. The quantitative estimate of drug-likeness (QED) is 0.737. The number of fused-ring (bicyclic) bond motifs is 1. The van der Waals surface area contributed by atoms with Crippen LogP contribution in [0.2, 0.25) is 0 Å². The Bertz CT molecular complexity index is 880. The smallest absolute Gasteiger partial charge is 0.306 e. The maximum atomic E-state index is 11.1. The van der Waals surface area contributed by atoms with Gasteiger partial charge in [0.05, 0.1) is 12.2 Å². The number of furan rings is 1. The van der Waals surface area contributed by atoms with Gasteiger partial charge in [0.1, 0.15) is 11.6 Å². The first-order valence-corrected chi connectivity index (χ1v) is 7.67. The van der Waals surface area contributed by atoms with Crippen molar-refractivity contribution in [3.63, 3.8) is 0 Å². The minimum Gasteiger partial charge on any atom is -0.481 e. The number of carbonyl (C=O) groups is 1. The number of piperidine rings is 1. The molecule has 1 saturated heterocycles. The van der Waals surface area contributed by atoms with E-state index in [-0.39, 0.29) is 5.92 Å². The summed E-state index contributed by atoms with van der Waals surface area (Å²) in [6.07, 6.45) is 2.73. The Morgan fingerprint density at radius 2 is 2.12 bits per heavy atom. The number of carboxylic acid groups (broad SMARTS) is 1. The van der Waals surface area contributed by atoms with Crippen molar-refractivity contribution in [3.05, 3.63) is 24.5 Å². The molecule has 0 bridgehead atoms. The van der Waals surface area contributed by atoms with Crippen molar-refractivity contribution in [1.29, 1.82) is 0 Å². The van der Waals surface area contributed by atoms with Gasteiger partial charge < -0.3 is 20.2 Å². The van der Waals surface area contributed by atoms with Gasteiger partial charge >= 0.3 is 5.97 Å². The fourth-order valence-electron chi connectivity index (χ4n) is 2.91. The third kappa shape index (κ3) is 2.43. The second kappa shape index (κ2) is 5.52. The molecule has 24 heavy (non-hydrogen) atoms. The highest BCUT2D eigenvalue weighted by atomic mass is 16.4. The molecule has 1 aliphatic rings. The van der Waals surface area contributed by atoms with Crippen molar-refractivity contribution in [2.45, 2.75) is 12.8 Å². The average Bonchev–Trinajstić information content (AvgIpc) is 3.24. The minimum atomic E-state index is -0.738. The van der Waals surface area contributed by atoms with Crippen molar-refractivity contribution in [2.75, 3.05) is 23.7 Å². The van der Waals surface area contributed by atoms with Crippen LogP contribution in [0.1, 0.15) is 12.8 Å². The SMILES string of the molecule is Nc1cc(N2CCC(C(=O)O)CC2)nc2nc(-c3ccco3)nn12. The number of hydrogen-bond donors (Lipinski definition) is 2. The molecule has 0 aromatic carbocycles. The molecule has 124 valence electrons. The predicted octanol–water partition coefficient (Wildman–Crippen LogP) is 1.27. The highest BCUT2D eigenvalue weighted by Gasteiger charge is 2.26. The zero-order valence-electron chi connectivity index (χ0n) is 12.8. The van der Waals surface area contributed by atoms with Crippen molar-refractivity contribution in [1.82, 2.24) is 19.6 Å². The van der Waals surface area contributed by atoms with E-state index in [2.05, 4.69) is 15.1 Å². The number of aromatic nitrogens is 4. The van der Waals surface area contributed by atoms with Crippen LogP contribution in [0.15, 0.2) is 28.9 Å². The fraction of sp³-hybridized carbons (Fsp3) is 0.333. The standard InChI is InChI=1S/C15H16N6O3/c16-11-8-12(20-5-3-9(4-6-20)14(22)23)17-15-18-13(19-21(11)15)10-2-1-7-24-10/h1-2,7-9H,3-6,16H2,(H,22,23). The van der Waals surface area contributed by atoms with Crippen LogP contribution in [0.5, 0.6) is 0 Å². The largest absolute Gasteiger partial charge is 0.481 e. The summed E-state index contributed by atoms with van der Waals surface area (Å²) in [5.41, 5.74) is 6.08. The molecule has 0 atom stereocenters. The van der Waals surface area contributed by atoms with E-state index in [0.29, 0.717) is 54.9 Å². The topological polar surface area (TPSA) is 123 Å². The Morgan fingerprint density at radius 1 is 1.33 bits per heavy atom. The van der Waals surface area contributed by atoms with Gasteiger partial charge in [-0.25, -0.2) is 0 Å². The number of hydrogen-bond acceptors (Lipinski definition) is 7. The molecule has 4 rings (SSSR count). The molecule has 0 aliphatic carbocycles. The van der Waals surface area contributed by atoms with Gasteiger partial charge in [-0.05, 0) is 25.0 Å². The molecule has 1 fully saturated rings. The lowest BCUT2D eigenvalue weighted by Crippen LogP contribution is -2.36. The number of rotatable bonds is 3. The van der Waals surface area contributed by atoms with Crippen LogP contribution in [0.25, 0.3) is 17.4 Å². The first kappa shape index (κ1) is 14.5. The van der Waals surface area contributed by atoms with Gasteiger partial charge in [-0.2, -0.15) is 14.5 Å². The van der Waals surface area contributed by atoms with Crippen molar-refractivity contribution >= 4 is 23.4 Å². The van der Waals surface area contributed by atoms with Gasteiger partial charge in [0, 0.05) is 19.2 Å². The summed E-state index contributed by atoms with van der Waals surface area (Å²) in [6, 6.07) is 5.26. The number of anilines is 2. The van der Waals surface area contributed by atoms with Gasteiger partial charge in [-0.3, -0.25) is 4.79 Å². The Morgan fingerprint density at radius 3 is 2.79 bits per heavy atom. The lowest BCUT2D eigenvalue weighted by molar-refractivity contribution is -0.142. The summed E-state index contributed by atoms with van der Waals surface area (Å²) < 4.78 is 6.76. The van der Waals surface area contributed by atoms with Gasteiger partial charge in [0.25, 0.3) is 5.78 Å². The maximum absolute atomic E-state index is 11.1. The van der Waals surface area contributed by atoms with Gasteiger partial charge in [-0.1, -0.05) is 0 Å². The van der Waals surface area contributed by atoms with Gasteiger partial charge in [0.15, 0.2) is 5.76 Å². The van der Waals surface area contributed by atoms with E-state index >= 15 is 0 Å². The molecule has 3 N–H and O–H groups in total. The van der Waals surface area contributed by atoms with E-state index in [0.717, 1.165) is 0 Å². The van der Waals surface area contributed by atoms with Crippen LogP contribution in [-0.4, -0.2) is 43.7 Å². The van der Waals surface area contributed by atoms with Crippen molar-refractivity contribution in [2.24, 2.45) is 5.92 Å². The van der Waals surface area contributed by atoms with E-state index in [1.54, 1.807) is 24.5 Å². The highest BCUT2D eigenvalue weighted by Crippen LogP contribution is 2.25. The van der Waals surface area contributed by atoms with Crippen LogP contribution in [0, 0.1) is 5.92 Å². The van der Waals surface area contributed by atoms with E-state index in [1.807, 2.05) is 4.90 Å². The van der Waals surface area contributed by atoms with Crippen molar-refractivity contribution < 1.29 is 14.3 Å². The lowest BCUT2D eigenvalue weighted by atomic mass is 9.97. The van der Waals surface area contributed by atoms with Crippen molar-refractivity contribution in [3.8, 4) is 11.6 Å². The van der Waals surface area contributed by atoms with Crippen LogP contribution in [0.3, 0.4) is 0 Å². The first-order valence-electron chi connectivity index (χ1n) is 7.67. The summed E-state index contributed by atoms with van der Waals surface area (Å²) in [7, 11) is 0. The summed E-state index contributed by atoms with van der Waals surface area (Å²) in [5.74, 6) is 1.42. The minimum absolute atomic E-state index is 0.291. The normalized spacial score (nSPS) is 15.9. The first-order chi connectivity index (χ1) is 11.6. The molecule has 3 aromatic heterocycles. The summed E-state index contributed by atoms with van der Waals surface area (Å²) in [6.45, 7) is 1.25. The molecule has 9 heteroatoms. The maximum Gasteiger partial charge on any atom is 0.306 e. The third-order valence-corrected chi connectivity index (χ3v) is 4.24. The molecule has 0 amide bonds. The number of carboxylic acids is 1. The summed E-state index contributed by atoms with van der Waals surface area (Å²) >= 11 is 0. The Hall–Kier alpha value is -3.10. The second-order valence-corrected chi connectivity index (χ2v) is 5.76. The number of nitrogens with zero attached hydrogens (tertiary/aromatic N) is 5. The number of nitrogens with two attached hydrogens (primary N) is 1. The third-order valence-electron chi connectivity index (χ3n) is 4.24. The molecule has 0 saturated carbocycles. The van der Waals surface area contributed by atoms with Crippen LogP contribution >= 0.6 is 0 Å². The van der Waals surface area contributed by atoms with Gasteiger partial charge in [0.2, 0.25) is 5.82 Å². The Balaban J connectivity index is 1.64. The van der Waals surface area contributed by atoms with Gasteiger partial charge in [-0.15, -0.1) is 5.10 Å². The molecule has 0 radical (unpaired) electrons. The number of aliphatic carboxylic acids is 1. The molecular weight excluding hydrogens is 312 g/mol. The van der Waals surface area contributed by atoms with E-state index in [9.17, 15) is 4.79 Å². The zero-order chi connectivity index (χ0) is 16.7. The number of nitrogen functional groups attached to an aromatic ring is 1. The van der Waals surface area contributed by atoms with Crippen LogP contribution in [-0.2, 0) is 4.79 Å². The average molecular weight is 328 g/mol. The van der Waals surface area contributed by atoms with Crippen LogP contribution < -0.4 is 10.6 Å². The summed E-state index contributed by atoms with van der Waals surface area (Å²) in [4.78, 5) is 21.9. The summed E-state index contributed by atoms with van der Waals surface area (Å²) in [5, 5.41) is 13.4. The molecule has 1 aliphatic heterocycles. The molecular formula is C15H16N6O3. The molecule has 0 unspecified atom stereocenters. The monoisotopic (exact) mass is 328 g/mol. The van der Waals surface area contributed by atoms with E-state index in [4.69, 9.17) is 15.3 Å². The molecule has 9 nitrogen and oxygen atoms in total. The molecule has 0 spiro atoms.